The number of aliphatic carboxylic acids is 1. The minimum absolute atomic E-state index is 0.0711. The Morgan fingerprint density at radius 1 is 1.42 bits per heavy atom. The van der Waals surface area contributed by atoms with Crippen molar-refractivity contribution in [3.63, 3.8) is 0 Å². The first-order valence-electron chi connectivity index (χ1n) is 5.72. The van der Waals surface area contributed by atoms with Crippen molar-refractivity contribution in [2.24, 2.45) is 0 Å². The van der Waals surface area contributed by atoms with Crippen LogP contribution in [0, 0.1) is 0 Å². The van der Waals surface area contributed by atoms with Crippen molar-refractivity contribution in [2.45, 2.75) is 13.3 Å². The third-order valence-electron chi connectivity index (χ3n) is 2.12. The van der Waals surface area contributed by atoms with Crippen LogP contribution in [0.1, 0.15) is 13.3 Å². The van der Waals surface area contributed by atoms with E-state index in [0.29, 0.717) is 18.0 Å². The first-order valence-corrected chi connectivity index (χ1v) is 6.51. The van der Waals surface area contributed by atoms with E-state index in [-0.39, 0.29) is 13.0 Å². The molecule has 0 radical (unpaired) electrons. The summed E-state index contributed by atoms with van der Waals surface area (Å²) in [6.07, 6.45) is -0.119. The number of nitrogens with one attached hydrogen (secondary N) is 2. The molecule has 104 valence electrons. The van der Waals surface area contributed by atoms with Gasteiger partial charge in [0.05, 0.1) is 18.7 Å². The highest BCUT2D eigenvalue weighted by Gasteiger charge is 2.08. The Kier molecular flexibility index (Phi) is 6.14. The molecule has 0 bridgehead atoms. The number of anilines is 1. The standard InChI is InChI=1S/C12H15BrN2O4/c1-2-19-10-7-8(13)3-4-9(10)15-12(18)14-6-5-11(16)17/h3-4,7H,2,5-6H2,1H3,(H,16,17)(H2,14,15,18). The normalized spacial score (nSPS) is 9.79. The van der Waals surface area contributed by atoms with E-state index in [4.69, 9.17) is 9.84 Å². The lowest BCUT2D eigenvalue weighted by molar-refractivity contribution is -0.136. The fourth-order valence-electron chi connectivity index (χ4n) is 1.32. The van der Waals surface area contributed by atoms with Gasteiger partial charge in [-0.15, -0.1) is 0 Å². The van der Waals surface area contributed by atoms with E-state index in [0.717, 1.165) is 4.47 Å². The highest BCUT2D eigenvalue weighted by molar-refractivity contribution is 9.10. The molecule has 0 fully saturated rings. The number of amides is 2. The molecule has 0 spiro atoms. The largest absolute Gasteiger partial charge is 0.492 e. The van der Waals surface area contributed by atoms with Gasteiger partial charge in [-0.3, -0.25) is 4.79 Å². The van der Waals surface area contributed by atoms with Crippen LogP contribution in [0.2, 0.25) is 0 Å². The molecule has 1 aromatic rings. The summed E-state index contributed by atoms with van der Waals surface area (Å²) in [7, 11) is 0. The number of hydrogen-bond acceptors (Lipinski definition) is 3. The van der Waals surface area contributed by atoms with Gasteiger partial charge >= 0.3 is 12.0 Å². The van der Waals surface area contributed by atoms with Crippen LogP contribution in [-0.4, -0.2) is 30.3 Å². The Morgan fingerprint density at radius 2 is 2.16 bits per heavy atom. The molecule has 0 aliphatic carbocycles. The average Bonchev–Trinajstić information content (AvgIpc) is 2.32. The fraction of sp³-hybridized carbons (Fsp3) is 0.333. The van der Waals surface area contributed by atoms with Crippen molar-refractivity contribution in [1.82, 2.24) is 5.32 Å². The number of carbonyl (C=O) groups is 2. The third-order valence-corrected chi connectivity index (χ3v) is 2.61. The highest BCUT2D eigenvalue weighted by Crippen LogP contribution is 2.28. The number of carboxylic acids is 1. The predicted octanol–water partition coefficient (Wildman–Crippen LogP) is 2.44. The van der Waals surface area contributed by atoms with Crippen molar-refractivity contribution in [1.29, 1.82) is 0 Å². The van der Waals surface area contributed by atoms with Crippen LogP contribution in [0.3, 0.4) is 0 Å². The van der Waals surface area contributed by atoms with E-state index in [1.807, 2.05) is 6.92 Å². The maximum Gasteiger partial charge on any atom is 0.319 e. The average molecular weight is 331 g/mol. The molecular formula is C12H15BrN2O4. The van der Waals surface area contributed by atoms with Gasteiger partial charge in [0.15, 0.2) is 0 Å². The van der Waals surface area contributed by atoms with Crippen molar-refractivity contribution in [3.05, 3.63) is 22.7 Å². The number of hydrogen-bond donors (Lipinski definition) is 3. The lowest BCUT2D eigenvalue weighted by Crippen LogP contribution is -2.30. The van der Waals surface area contributed by atoms with Gasteiger partial charge in [-0.05, 0) is 25.1 Å². The molecule has 0 aliphatic rings. The summed E-state index contributed by atoms with van der Waals surface area (Å²) in [6.45, 7) is 2.39. The molecule has 3 N–H and O–H groups in total. The Hall–Kier alpha value is -1.76. The molecule has 2 amide bonds. The van der Waals surface area contributed by atoms with E-state index in [9.17, 15) is 9.59 Å². The van der Waals surface area contributed by atoms with Crippen LogP contribution in [0.25, 0.3) is 0 Å². The van der Waals surface area contributed by atoms with Gasteiger partial charge in [0.1, 0.15) is 5.75 Å². The second kappa shape index (κ2) is 7.63. The van der Waals surface area contributed by atoms with Gasteiger partial charge in [-0.25, -0.2) is 4.79 Å². The second-order valence-electron chi connectivity index (χ2n) is 3.60. The molecule has 0 aliphatic heterocycles. The van der Waals surface area contributed by atoms with Gasteiger partial charge < -0.3 is 20.5 Å². The molecule has 0 unspecified atom stereocenters. The zero-order valence-electron chi connectivity index (χ0n) is 10.4. The molecule has 6 nitrogen and oxygen atoms in total. The number of benzene rings is 1. The van der Waals surface area contributed by atoms with E-state index in [1.165, 1.54) is 0 Å². The van der Waals surface area contributed by atoms with Crippen LogP contribution >= 0.6 is 15.9 Å². The van der Waals surface area contributed by atoms with Crippen LogP contribution in [0.15, 0.2) is 22.7 Å². The van der Waals surface area contributed by atoms with Crippen molar-refractivity contribution >= 4 is 33.6 Å². The van der Waals surface area contributed by atoms with E-state index in [1.54, 1.807) is 18.2 Å². The van der Waals surface area contributed by atoms with E-state index >= 15 is 0 Å². The van der Waals surface area contributed by atoms with Crippen LogP contribution in [0.5, 0.6) is 5.75 Å². The summed E-state index contributed by atoms with van der Waals surface area (Å²) in [5.74, 6) is -0.413. The van der Waals surface area contributed by atoms with Crippen molar-refractivity contribution in [3.8, 4) is 5.75 Å². The zero-order valence-corrected chi connectivity index (χ0v) is 12.0. The van der Waals surface area contributed by atoms with Crippen molar-refractivity contribution in [2.75, 3.05) is 18.5 Å². The number of rotatable bonds is 6. The molecule has 0 aromatic heterocycles. The van der Waals surface area contributed by atoms with Crippen molar-refractivity contribution < 1.29 is 19.4 Å². The van der Waals surface area contributed by atoms with Crippen LogP contribution < -0.4 is 15.4 Å². The quantitative estimate of drug-likeness (QED) is 0.747. The first kappa shape index (κ1) is 15.3. The lowest BCUT2D eigenvalue weighted by Gasteiger charge is -2.12. The molecule has 19 heavy (non-hydrogen) atoms. The molecule has 0 atom stereocenters. The molecule has 1 rings (SSSR count). The summed E-state index contributed by atoms with van der Waals surface area (Å²) in [6, 6.07) is 4.75. The Bertz CT molecular complexity index is 465. The monoisotopic (exact) mass is 330 g/mol. The molecular weight excluding hydrogens is 316 g/mol. The Balaban J connectivity index is 2.60. The minimum Gasteiger partial charge on any atom is -0.492 e. The van der Waals surface area contributed by atoms with Gasteiger partial charge in [0.25, 0.3) is 0 Å². The maximum atomic E-state index is 11.6. The molecule has 0 heterocycles. The number of ether oxygens (including phenoxy) is 1. The predicted molar refractivity (Wildman–Crippen MR) is 74.6 cm³/mol. The zero-order chi connectivity index (χ0) is 14.3. The Labute approximate surface area is 119 Å². The van der Waals surface area contributed by atoms with Gasteiger partial charge in [0.2, 0.25) is 0 Å². The summed E-state index contributed by atoms with van der Waals surface area (Å²) in [5, 5.41) is 13.5. The number of carbonyl (C=O) groups excluding carboxylic acids is 1. The first-order chi connectivity index (χ1) is 9.02. The molecule has 7 heteroatoms. The topological polar surface area (TPSA) is 87.7 Å². The molecule has 0 saturated heterocycles. The van der Waals surface area contributed by atoms with Crippen LogP contribution in [-0.2, 0) is 4.79 Å². The lowest BCUT2D eigenvalue weighted by atomic mass is 10.3. The number of halogens is 1. The SMILES string of the molecule is CCOc1cc(Br)ccc1NC(=O)NCCC(=O)O. The maximum absolute atomic E-state index is 11.6. The highest BCUT2D eigenvalue weighted by atomic mass is 79.9. The smallest absolute Gasteiger partial charge is 0.319 e. The van der Waals surface area contributed by atoms with E-state index < -0.39 is 12.0 Å². The number of urea groups is 1. The summed E-state index contributed by atoms with van der Waals surface area (Å²) >= 11 is 3.32. The fourth-order valence-corrected chi connectivity index (χ4v) is 1.66. The summed E-state index contributed by atoms with van der Waals surface area (Å²) < 4.78 is 6.24. The minimum atomic E-state index is -0.959. The molecule has 0 saturated carbocycles. The van der Waals surface area contributed by atoms with Gasteiger partial charge in [-0.1, -0.05) is 15.9 Å². The van der Waals surface area contributed by atoms with E-state index in [2.05, 4.69) is 26.6 Å². The van der Waals surface area contributed by atoms with Gasteiger partial charge in [0, 0.05) is 11.0 Å². The third kappa shape index (κ3) is 5.60. The summed E-state index contributed by atoms with van der Waals surface area (Å²) in [5.41, 5.74) is 0.526. The van der Waals surface area contributed by atoms with Gasteiger partial charge in [-0.2, -0.15) is 0 Å². The second-order valence-corrected chi connectivity index (χ2v) is 4.51. The molecule has 1 aromatic carbocycles. The van der Waals surface area contributed by atoms with Crippen LogP contribution in [0.4, 0.5) is 10.5 Å². The number of carboxylic acid groups (broad SMARTS) is 1. The summed E-state index contributed by atoms with van der Waals surface area (Å²) in [4.78, 5) is 21.9. The Morgan fingerprint density at radius 3 is 2.79 bits per heavy atom.